The second kappa shape index (κ2) is 6.13. The van der Waals surface area contributed by atoms with Crippen LogP contribution in [-0.2, 0) is 9.47 Å². The van der Waals surface area contributed by atoms with Crippen LogP contribution in [0, 0.1) is 11.8 Å². The smallest absolute Gasteiger partial charge is 0.160 e. The van der Waals surface area contributed by atoms with Crippen LogP contribution in [-0.4, -0.2) is 35.6 Å². The summed E-state index contributed by atoms with van der Waals surface area (Å²) in [5.41, 5.74) is 1.77. The number of benzene rings is 2. The Kier molecular flexibility index (Phi) is 3.94. The summed E-state index contributed by atoms with van der Waals surface area (Å²) in [7, 11) is 1.52. The molecule has 6 heteroatoms. The van der Waals surface area contributed by atoms with E-state index in [1.807, 2.05) is 6.07 Å². The van der Waals surface area contributed by atoms with Gasteiger partial charge in [0.25, 0.3) is 0 Å². The fraction of sp³-hybridized carbons (Fsp3) is 0.368. The number of ether oxygens (including phenoxy) is 3. The summed E-state index contributed by atoms with van der Waals surface area (Å²) >= 11 is 0. The average Bonchev–Trinajstić information content (AvgIpc) is 3.20. The SMILES string of the molecule is COc1cc([C@H]2OC[C@H]3[C@@H]2CO[C@H]3c2ccc(O)c(O)c2)ccc1O. The number of rotatable bonds is 3. The van der Waals surface area contributed by atoms with E-state index in [9.17, 15) is 15.3 Å². The summed E-state index contributed by atoms with van der Waals surface area (Å²) in [5, 5.41) is 29.0. The summed E-state index contributed by atoms with van der Waals surface area (Å²) < 4.78 is 17.2. The quantitative estimate of drug-likeness (QED) is 0.742. The molecule has 0 aliphatic carbocycles. The van der Waals surface area contributed by atoms with Crippen molar-refractivity contribution in [1.29, 1.82) is 0 Å². The van der Waals surface area contributed by atoms with E-state index in [1.165, 1.54) is 13.2 Å². The summed E-state index contributed by atoms with van der Waals surface area (Å²) in [5.74, 6) is 0.562. The van der Waals surface area contributed by atoms with Crippen LogP contribution in [0.4, 0.5) is 0 Å². The summed E-state index contributed by atoms with van der Waals surface area (Å²) in [4.78, 5) is 0. The molecule has 0 amide bonds. The fourth-order valence-electron chi connectivity index (χ4n) is 3.82. The van der Waals surface area contributed by atoms with Crippen LogP contribution < -0.4 is 4.74 Å². The normalized spacial score (nSPS) is 28.0. The first kappa shape index (κ1) is 16.1. The van der Waals surface area contributed by atoms with E-state index in [1.54, 1.807) is 24.3 Å². The van der Waals surface area contributed by atoms with Gasteiger partial charge in [0.2, 0.25) is 0 Å². The van der Waals surface area contributed by atoms with Gasteiger partial charge in [-0.3, -0.25) is 0 Å². The van der Waals surface area contributed by atoms with Crippen molar-refractivity contribution in [3.8, 4) is 23.0 Å². The highest BCUT2D eigenvalue weighted by atomic mass is 16.5. The lowest BCUT2D eigenvalue weighted by molar-refractivity contribution is 0.0191. The number of phenolic OH excluding ortho intramolecular Hbond substituents is 3. The number of hydrogen-bond donors (Lipinski definition) is 3. The minimum Gasteiger partial charge on any atom is -0.504 e. The molecule has 0 unspecified atom stereocenters. The Morgan fingerprint density at radius 1 is 0.800 bits per heavy atom. The van der Waals surface area contributed by atoms with E-state index >= 15 is 0 Å². The maximum Gasteiger partial charge on any atom is 0.160 e. The highest BCUT2D eigenvalue weighted by Gasteiger charge is 2.48. The van der Waals surface area contributed by atoms with Crippen molar-refractivity contribution in [3.05, 3.63) is 47.5 Å². The van der Waals surface area contributed by atoms with E-state index in [0.717, 1.165) is 11.1 Å². The van der Waals surface area contributed by atoms with Crippen LogP contribution in [0.3, 0.4) is 0 Å². The lowest BCUT2D eigenvalue weighted by Crippen LogP contribution is -2.14. The molecule has 6 nitrogen and oxygen atoms in total. The molecule has 2 fully saturated rings. The Hall–Kier alpha value is -2.44. The molecule has 2 aliphatic rings. The van der Waals surface area contributed by atoms with Gasteiger partial charge in [0, 0.05) is 11.8 Å². The van der Waals surface area contributed by atoms with Crippen LogP contribution in [0.5, 0.6) is 23.0 Å². The molecule has 2 heterocycles. The van der Waals surface area contributed by atoms with Gasteiger partial charge in [0.1, 0.15) is 0 Å². The van der Waals surface area contributed by atoms with E-state index in [4.69, 9.17) is 14.2 Å². The molecule has 25 heavy (non-hydrogen) atoms. The predicted molar refractivity (Wildman–Crippen MR) is 88.8 cm³/mol. The van der Waals surface area contributed by atoms with Crippen molar-refractivity contribution in [2.24, 2.45) is 11.8 Å². The van der Waals surface area contributed by atoms with Crippen LogP contribution in [0.2, 0.25) is 0 Å². The van der Waals surface area contributed by atoms with Crippen LogP contribution in [0.15, 0.2) is 36.4 Å². The zero-order valence-electron chi connectivity index (χ0n) is 13.8. The minimum atomic E-state index is -0.180. The first-order chi connectivity index (χ1) is 12.1. The first-order valence-electron chi connectivity index (χ1n) is 8.20. The first-order valence-corrected chi connectivity index (χ1v) is 8.20. The van der Waals surface area contributed by atoms with Gasteiger partial charge in [-0.25, -0.2) is 0 Å². The Morgan fingerprint density at radius 2 is 1.36 bits per heavy atom. The molecular formula is C19H20O6. The van der Waals surface area contributed by atoms with Crippen LogP contribution in [0.1, 0.15) is 23.3 Å². The topological polar surface area (TPSA) is 88.4 Å². The largest absolute Gasteiger partial charge is 0.504 e. The lowest BCUT2D eigenvalue weighted by atomic mass is 9.85. The molecule has 0 saturated carbocycles. The van der Waals surface area contributed by atoms with E-state index in [0.29, 0.717) is 19.0 Å². The van der Waals surface area contributed by atoms with Crippen molar-refractivity contribution in [1.82, 2.24) is 0 Å². The molecule has 2 aromatic rings. The maximum absolute atomic E-state index is 9.77. The average molecular weight is 344 g/mol. The van der Waals surface area contributed by atoms with Crippen molar-refractivity contribution in [2.75, 3.05) is 20.3 Å². The molecule has 2 saturated heterocycles. The summed E-state index contributed by atoms with van der Waals surface area (Å²) in [6.45, 7) is 1.09. The number of fused-ring (bicyclic) bond motifs is 1. The predicted octanol–water partition coefficient (Wildman–Crippen LogP) is 2.89. The molecular weight excluding hydrogens is 324 g/mol. The Balaban J connectivity index is 1.58. The van der Waals surface area contributed by atoms with E-state index in [2.05, 4.69) is 0 Å². The third-order valence-electron chi connectivity index (χ3n) is 5.12. The zero-order chi connectivity index (χ0) is 17.6. The molecule has 4 rings (SSSR count). The third-order valence-corrected chi connectivity index (χ3v) is 5.12. The Labute approximate surface area is 145 Å². The van der Waals surface area contributed by atoms with Gasteiger partial charge in [-0.2, -0.15) is 0 Å². The number of hydrogen-bond acceptors (Lipinski definition) is 6. The van der Waals surface area contributed by atoms with Crippen LogP contribution >= 0.6 is 0 Å². The van der Waals surface area contributed by atoms with Crippen molar-refractivity contribution in [3.63, 3.8) is 0 Å². The fourth-order valence-corrected chi connectivity index (χ4v) is 3.82. The lowest BCUT2D eigenvalue weighted by Gasteiger charge is -2.17. The molecule has 2 aliphatic heterocycles. The molecule has 0 aromatic heterocycles. The highest BCUT2D eigenvalue weighted by Crippen LogP contribution is 2.51. The van der Waals surface area contributed by atoms with E-state index < -0.39 is 0 Å². The monoisotopic (exact) mass is 344 g/mol. The zero-order valence-corrected chi connectivity index (χ0v) is 13.8. The minimum absolute atomic E-state index is 0.0981. The van der Waals surface area contributed by atoms with Gasteiger partial charge < -0.3 is 29.5 Å². The van der Waals surface area contributed by atoms with Gasteiger partial charge in [-0.05, 0) is 35.4 Å². The van der Waals surface area contributed by atoms with E-state index in [-0.39, 0.29) is 41.3 Å². The Bertz CT molecular complexity index is 789. The van der Waals surface area contributed by atoms with Crippen molar-refractivity contribution >= 4 is 0 Å². The highest BCUT2D eigenvalue weighted by molar-refractivity contribution is 5.44. The standard InChI is InChI=1S/C19H20O6/c1-23-17-7-11(3-5-15(17)21)19-13-9-24-18(12(13)8-25-19)10-2-4-14(20)16(22)6-10/h2-7,12-13,18-22H,8-9H2,1H3/t12-,13-,18-,19+/m0/s1. The molecule has 0 radical (unpaired) electrons. The molecule has 3 N–H and O–H groups in total. The second-order valence-electron chi connectivity index (χ2n) is 6.52. The van der Waals surface area contributed by atoms with Crippen LogP contribution in [0.25, 0.3) is 0 Å². The number of methoxy groups -OCH3 is 1. The number of phenols is 3. The van der Waals surface area contributed by atoms with Gasteiger partial charge in [-0.1, -0.05) is 12.1 Å². The molecule has 0 spiro atoms. The summed E-state index contributed by atoms with van der Waals surface area (Å²) in [6, 6.07) is 10.0. The Morgan fingerprint density at radius 3 is 1.92 bits per heavy atom. The van der Waals surface area contributed by atoms with Crippen molar-refractivity contribution < 1.29 is 29.5 Å². The van der Waals surface area contributed by atoms with Gasteiger partial charge in [0.05, 0.1) is 32.5 Å². The molecule has 4 atom stereocenters. The molecule has 132 valence electrons. The van der Waals surface area contributed by atoms with Gasteiger partial charge in [-0.15, -0.1) is 0 Å². The maximum atomic E-state index is 9.77. The van der Waals surface area contributed by atoms with Gasteiger partial charge in [0.15, 0.2) is 23.0 Å². The van der Waals surface area contributed by atoms with Gasteiger partial charge >= 0.3 is 0 Å². The second-order valence-corrected chi connectivity index (χ2v) is 6.52. The summed E-state index contributed by atoms with van der Waals surface area (Å²) in [6.07, 6.45) is -0.310. The molecule has 0 bridgehead atoms. The molecule has 2 aromatic carbocycles. The van der Waals surface area contributed by atoms with Crippen molar-refractivity contribution in [2.45, 2.75) is 12.2 Å². The number of aromatic hydroxyl groups is 3. The third kappa shape index (κ3) is 2.67.